The van der Waals surface area contributed by atoms with Crippen molar-refractivity contribution in [2.24, 2.45) is 0 Å². The lowest BCUT2D eigenvalue weighted by molar-refractivity contribution is 0.420. The Bertz CT molecular complexity index is 933. The highest BCUT2D eigenvalue weighted by atomic mass is 32.2. The number of aromatic amines is 1. The second-order valence-electron chi connectivity index (χ2n) is 5.59. The van der Waals surface area contributed by atoms with Crippen LogP contribution < -0.4 is 0 Å². The second-order valence-corrected chi connectivity index (χ2v) is 6.61. The fourth-order valence-electron chi connectivity index (χ4n) is 2.50. The largest absolute Gasteiger partial charge is 0.510 e. The van der Waals surface area contributed by atoms with Gasteiger partial charge in [-0.25, -0.2) is 4.98 Å². The van der Waals surface area contributed by atoms with Crippen LogP contribution in [-0.4, -0.2) is 20.8 Å². The molecule has 0 fully saturated rings. The van der Waals surface area contributed by atoms with Gasteiger partial charge in [0, 0.05) is 4.90 Å². The lowest BCUT2D eigenvalue weighted by Gasteiger charge is -2.07. The Morgan fingerprint density at radius 1 is 1.25 bits per heavy atom. The predicted molar refractivity (Wildman–Crippen MR) is 97.9 cm³/mol. The van der Waals surface area contributed by atoms with Crippen LogP contribution >= 0.6 is 11.8 Å². The van der Waals surface area contributed by atoms with Crippen LogP contribution in [0.15, 0.2) is 53.1 Å². The molecule has 0 saturated heterocycles. The Morgan fingerprint density at radius 2 is 2.04 bits per heavy atom. The summed E-state index contributed by atoms with van der Waals surface area (Å²) in [5.41, 5.74) is 4.17. The van der Waals surface area contributed by atoms with Crippen molar-refractivity contribution in [1.29, 1.82) is 5.26 Å². The number of aliphatic hydroxyl groups excluding tert-OH is 1. The number of para-hydroxylation sites is 2. The number of nitriles is 1. The number of fused-ring (bicyclic) bond motifs is 1. The number of allylic oxidation sites excluding steroid dienone is 1. The van der Waals surface area contributed by atoms with Crippen LogP contribution in [0.2, 0.25) is 0 Å². The van der Waals surface area contributed by atoms with Gasteiger partial charge in [-0.3, -0.25) is 0 Å². The number of nitrogens with one attached hydrogen (secondary N) is 1. The summed E-state index contributed by atoms with van der Waals surface area (Å²) in [6.07, 6.45) is 0. The zero-order valence-corrected chi connectivity index (χ0v) is 14.3. The molecule has 3 rings (SSSR count). The van der Waals surface area contributed by atoms with Gasteiger partial charge < -0.3 is 10.1 Å². The Morgan fingerprint density at radius 3 is 2.75 bits per heavy atom. The topological polar surface area (TPSA) is 72.7 Å². The first-order chi connectivity index (χ1) is 11.6. The molecule has 2 N–H and O–H groups in total. The van der Waals surface area contributed by atoms with Gasteiger partial charge in [0.25, 0.3) is 0 Å². The van der Waals surface area contributed by atoms with Crippen LogP contribution in [0.4, 0.5) is 0 Å². The third kappa shape index (κ3) is 3.29. The average Bonchev–Trinajstić information content (AvgIpc) is 2.98. The molecule has 0 bridgehead atoms. The minimum atomic E-state index is 0.0292. The quantitative estimate of drug-likeness (QED) is 0.409. The number of nitrogens with zero attached hydrogens (tertiary/aromatic N) is 2. The zero-order chi connectivity index (χ0) is 17.1. The van der Waals surface area contributed by atoms with E-state index in [0.29, 0.717) is 11.6 Å². The molecule has 0 aliphatic carbocycles. The Balaban J connectivity index is 1.86. The SMILES string of the molecule is Cc1ccc(SC/C(O)=C(\C#N)c2nc3ccccc3[nH]2)c(C)c1. The molecule has 0 spiro atoms. The molecule has 0 radical (unpaired) electrons. The van der Waals surface area contributed by atoms with Crippen molar-refractivity contribution in [2.75, 3.05) is 5.75 Å². The molecule has 5 heteroatoms. The number of rotatable bonds is 4. The van der Waals surface area contributed by atoms with Gasteiger partial charge in [-0.2, -0.15) is 5.26 Å². The van der Waals surface area contributed by atoms with Crippen molar-refractivity contribution < 1.29 is 5.11 Å². The van der Waals surface area contributed by atoms with Gasteiger partial charge in [-0.1, -0.05) is 29.8 Å². The van der Waals surface area contributed by atoms with E-state index in [2.05, 4.69) is 22.1 Å². The molecule has 0 atom stereocenters. The number of benzene rings is 2. The summed E-state index contributed by atoms with van der Waals surface area (Å²) >= 11 is 1.51. The molecule has 0 aliphatic heterocycles. The molecule has 1 aromatic heterocycles. The molecule has 120 valence electrons. The van der Waals surface area contributed by atoms with E-state index in [-0.39, 0.29) is 11.3 Å². The molecule has 24 heavy (non-hydrogen) atoms. The third-order valence-corrected chi connectivity index (χ3v) is 4.91. The molecule has 0 saturated carbocycles. The van der Waals surface area contributed by atoms with Crippen molar-refractivity contribution in [1.82, 2.24) is 9.97 Å². The summed E-state index contributed by atoms with van der Waals surface area (Å²) in [7, 11) is 0. The van der Waals surface area contributed by atoms with E-state index in [1.807, 2.05) is 50.2 Å². The van der Waals surface area contributed by atoms with Gasteiger partial charge in [0.2, 0.25) is 0 Å². The van der Waals surface area contributed by atoms with Gasteiger partial charge in [-0.15, -0.1) is 11.8 Å². The monoisotopic (exact) mass is 335 g/mol. The van der Waals surface area contributed by atoms with Crippen LogP contribution in [-0.2, 0) is 0 Å². The predicted octanol–water partition coefficient (Wildman–Crippen LogP) is 4.76. The Kier molecular flexibility index (Phi) is 4.59. The number of hydrogen-bond donors (Lipinski definition) is 2. The smallest absolute Gasteiger partial charge is 0.152 e. The van der Waals surface area contributed by atoms with Crippen molar-refractivity contribution >= 4 is 28.4 Å². The highest BCUT2D eigenvalue weighted by Gasteiger charge is 2.13. The van der Waals surface area contributed by atoms with Crippen LogP contribution in [0.3, 0.4) is 0 Å². The molecule has 0 unspecified atom stereocenters. The molecular formula is C19H17N3OS. The van der Waals surface area contributed by atoms with E-state index >= 15 is 0 Å². The van der Waals surface area contributed by atoms with Gasteiger partial charge in [0.05, 0.1) is 16.8 Å². The van der Waals surface area contributed by atoms with E-state index in [1.165, 1.54) is 17.3 Å². The van der Waals surface area contributed by atoms with Crippen molar-refractivity contribution in [3.05, 3.63) is 65.2 Å². The van der Waals surface area contributed by atoms with Gasteiger partial charge in [0.1, 0.15) is 17.4 Å². The summed E-state index contributed by atoms with van der Waals surface area (Å²) in [6, 6.07) is 15.8. The van der Waals surface area contributed by atoms with Crippen LogP contribution in [0.5, 0.6) is 0 Å². The van der Waals surface area contributed by atoms with Gasteiger partial charge in [0.15, 0.2) is 5.82 Å². The summed E-state index contributed by atoms with van der Waals surface area (Å²) in [4.78, 5) is 8.56. The molecular weight excluding hydrogens is 318 g/mol. The third-order valence-electron chi connectivity index (χ3n) is 3.72. The molecule has 2 aromatic carbocycles. The number of hydrogen-bond acceptors (Lipinski definition) is 4. The number of H-pyrrole nitrogens is 1. The number of aromatic nitrogens is 2. The van der Waals surface area contributed by atoms with Crippen LogP contribution in [0.25, 0.3) is 16.6 Å². The molecule has 0 amide bonds. The zero-order valence-electron chi connectivity index (χ0n) is 13.5. The van der Waals surface area contributed by atoms with Crippen molar-refractivity contribution in [3.63, 3.8) is 0 Å². The summed E-state index contributed by atoms with van der Waals surface area (Å²) in [5.74, 6) is 0.753. The standard InChI is InChI=1S/C19H17N3OS/c1-12-7-8-18(13(2)9-12)24-11-17(23)14(10-20)19-21-15-5-3-4-6-16(15)22-19/h3-9,23H,11H2,1-2H3,(H,21,22)/b17-14-. The maximum Gasteiger partial charge on any atom is 0.152 e. The lowest BCUT2D eigenvalue weighted by Crippen LogP contribution is -1.95. The summed E-state index contributed by atoms with van der Waals surface area (Å²) in [6.45, 7) is 4.09. The second kappa shape index (κ2) is 6.81. The fourth-order valence-corrected chi connectivity index (χ4v) is 3.39. The molecule has 0 aliphatic rings. The maximum absolute atomic E-state index is 10.4. The van der Waals surface area contributed by atoms with Gasteiger partial charge >= 0.3 is 0 Å². The number of aryl methyl sites for hydroxylation is 2. The number of imidazole rings is 1. The van der Waals surface area contributed by atoms with E-state index in [9.17, 15) is 10.4 Å². The molecule has 3 aromatic rings. The van der Waals surface area contributed by atoms with Crippen molar-refractivity contribution in [3.8, 4) is 6.07 Å². The van der Waals surface area contributed by atoms with E-state index < -0.39 is 0 Å². The van der Waals surface area contributed by atoms with E-state index in [0.717, 1.165) is 21.5 Å². The summed E-state index contributed by atoms with van der Waals surface area (Å²) < 4.78 is 0. The normalized spacial score (nSPS) is 12.0. The minimum absolute atomic E-state index is 0.0292. The minimum Gasteiger partial charge on any atom is -0.510 e. The first-order valence-corrected chi connectivity index (χ1v) is 8.54. The highest BCUT2D eigenvalue weighted by molar-refractivity contribution is 7.99. The van der Waals surface area contributed by atoms with Gasteiger partial charge in [-0.05, 0) is 37.6 Å². The fraction of sp³-hybridized carbons (Fsp3) is 0.158. The lowest BCUT2D eigenvalue weighted by atomic mass is 10.2. The molecule has 4 nitrogen and oxygen atoms in total. The van der Waals surface area contributed by atoms with E-state index in [1.54, 1.807) is 0 Å². The van der Waals surface area contributed by atoms with Crippen molar-refractivity contribution in [2.45, 2.75) is 18.7 Å². The Labute approximate surface area is 144 Å². The maximum atomic E-state index is 10.4. The number of thioether (sulfide) groups is 1. The number of aliphatic hydroxyl groups is 1. The first-order valence-electron chi connectivity index (χ1n) is 7.56. The Hall–Kier alpha value is -2.71. The van der Waals surface area contributed by atoms with Crippen LogP contribution in [0, 0.1) is 25.2 Å². The van der Waals surface area contributed by atoms with Crippen LogP contribution in [0.1, 0.15) is 17.0 Å². The summed E-state index contributed by atoms with van der Waals surface area (Å²) in [5, 5.41) is 19.8. The molecule has 1 heterocycles. The van der Waals surface area contributed by atoms with E-state index in [4.69, 9.17) is 0 Å². The average molecular weight is 335 g/mol. The highest BCUT2D eigenvalue weighted by Crippen LogP contribution is 2.27. The first kappa shape index (κ1) is 16.2.